The van der Waals surface area contributed by atoms with Crippen molar-refractivity contribution in [1.29, 1.82) is 0 Å². The minimum absolute atomic E-state index is 0.218. The molecule has 0 aromatic rings. The van der Waals surface area contributed by atoms with Crippen LogP contribution in [0.15, 0.2) is 0 Å². The SMILES string of the molecule is CC(CCCCCCCCCC(=O)Cl)CCC(=O)Cl. The molecule has 0 heterocycles. The Kier molecular flexibility index (Phi) is 12.9. The predicted molar refractivity (Wildman–Crippen MR) is 81.7 cm³/mol. The van der Waals surface area contributed by atoms with Crippen molar-refractivity contribution < 1.29 is 9.59 Å². The molecular formula is C15H26Cl2O2. The molecule has 0 saturated heterocycles. The van der Waals surface area contributed by atoms with Crippen LogP contribution in [0.4, 0.5) is 0 Å². The van der Waals surface area contributed by atoms with E-state index >= 15 is 0 Å². The van der Waals surface area contributed by atoms with Crippen molar-refractivity contribution in [3.63, 3.8) is 0 Å². The normalized spacial score (nSPS) is 12.4. The molecule has 0 fully saturated rings. The summed E-state index contributed by atoms with van der Waals surface area (Å²) in [5.74, 6) is 0.595. The average Bonchev–Trinajstić information content (AvgIpc) is 2.34. The Morgan fingerprint density at radius 2 is 1.21 bits per heavy atom. The van der Waals surface area contributed by atoms with Gasteiger partial charge in [0.1, 0.15) is 0 Å². The van der Waals surface area contributed by atoms with E-state index in [4.69, 9.17) is 23.2 Å². The van der Waals surface area contributed by atoms with Gasteiger partial charge in [-0.05, 0) is 42.0 Å². The summed E-state index contributed by atoms with van der Waals surface area (Å²) in [5.41, 5.74) is 0. The smallest absolute Gasteiger partial charge is 0.221 e. The average molecular weight is 309 g/mol. The number of hydrogen-bond acceptors (Lipinski definition) is 2. The third-order valence-electron chi connectivity index (χ3n) is 3.40. The summed E-state index contributed by atoms with van der Waals surface area (Å²) in [4.78, 5) is 21.1. The van der Waals surface area contributed by atoms with Crippen LogP contribution in [-0.2, 0) is 9.59 Å². The first-order valence-corrected chi connectivity index (χ1v) is 8.14. The molecule has 112 valence electrons. The van der Waals surface area contributed by atoms with Crippen molar-refractivity contribution in [2.24, 2.45) is 5.92 Å². The Balaban J connectivity index is 3.17. The number of hydrogen-bond donors (Lipinski definition) is 0. The second-order valence-corrected chi connectivity index (χ2v) is 6.21. The Bertz CT molecular complexity index is 255. The van der Waals surface area contributed by atoms with Crippen LogP contribution in [0.25, 0.3) is 0 Å². The molecular weight excluding hydrogens is 283 g/mol. The van der Waals surface area contributed by atoms with Gasteiger partial charge in [-0.1, -0.05) is 51.9 Å². The molecule has 0 amide bonds. The fourth-order valence-electron chi connectivity index (χ4n) is 2.14. The second-order valence-electron chi connectivity index (χ2n) is 5.37. The van der Waals surface area contributed by atoms with Gasteiger partial charge in [-0.25, -0.2) is 0 Å². The summed E-state index contributed by atoms with van der Waals surface area (Å²) < 4.78 is 0. The fraction of sp³-hybridized carbons (Fsp3) is 0.867. The third-order valence-corrected chi connectivity index (χ3v) is 3.78. The lowest BCUT2D eigenvalue weighted by Gasteiger charge is -2.09. The standard InChI is InChI=1S/C15H26Cl2O2/c1-13(11-12-15(17)19)9-7-5-3-2-4-6-8-10-14(16)18/h13H,2-12H2,1H3. The number of unbranched alkanes of at least 4 members (excludes halogenated alkanes) is 6. The maximum absolute atomic E-state index is 10.6. The molecule has 0 rings (SSSR count). The molecule has 0 aliphatic carbocycles. The van der Waals surface area contributed by atoms with Crippen molar-refractivity contribution in [1.82, 2.24) is 0 Å². The molecule has 4 heteroatoms. The van der Waals surface area contributed by atoms with Crippen LogP contribution in [0.3, 0.4) is 0 Å². The largest absolute Gasteiger partial charge is 0.281 e. The highest BCUT2D eigenvalue weighted by Gasteiger charge is 2.04. The summed E-state index contributed by atoms with van der Waals surface area (Å²) in [5, 5.41) is -0.438. The maximum atomic E-state index is 10.6. The minimum Gasteiger partial charge on any atom is -0.281 e. The first-order chi connectivity index (χ1) is 9.02. The lowest BCUT2D eigenvalue weighted by Crippen LogP contribution is -1.97. The van der Waals surface area contributed by atoms with Crippen LogP contribution < -0.4 is 0 Å². The molecule has 0 spiro atoms. The molecule has 0 aliphatic rings. The predicted octanol–water partition coefficient (Wildman–Crippen LogP) is 5.44. The van der Waals surface area contributed by atoms with Gasteiger partial charge in [-0.3, -0.25) is 9.59 Å². The molecule has 1 unspecified atom stereocenters. The van der Waals surface area contributed by atoms with Crippen LogP contribution >= 0.6 is 23.2 Å². The van der Waals surface area contributed by atoms with Gasteiger partial charge in [-0.15, -0.1) is 0 Å². The molecule has 1 atom stereocenters. The van der Waals surface area contributed by atoms with Gasteiger partial charge in [0.15, 0.2) is 0 Å². The van der Waals surface area contributed by atoms with Crippen LogP contribution in [0, 0.1) is 5.92 Å². The van der Waals surface area contributed by atoms with Gasteiger partial charge < -0.3 is 0 Å². The Hall–Kier alpha value is -0.0800. The molecule has 0 aliphatic heterocycles. The maximum Gasteiger partial charge on any atom is 0.221 e. The van der Waals surface area contributed by atoms with Crippen molar-refractivity contribution in [2.75, 3.05) is 0 Å². The van der Waals surface area contributed by atoms with E-state index < -0.39 is 0 Å². The summed E-state index contributed by atoms with van der Waals surface area (Å²) in [6.45, 7) is 2.18. The van der Waals surface area contributed by atoms with Gasteiger partial charge in [0.2, 0.25) is 10.5 Å². The summed E-state index contributed by atoms with van der Waals surface area (Å²) in [6.07, 6.45) is 11.3. The molecule has 2 nitrogen and oxygen atoms in total. The molecule has 0 saturated carbocycles. The number of halogens is 2. The van der Waals surface area contributed by atoms with Crippen LogP contribution in [0.1, 0.15) is 77.6 Å². The lowest BCUT2D eigenvalue weighted by atomic mass is 9.98. The van der Waals surface area contributed by atoms with E-state index in [1.807, 2.05) is 0 Å². The summed E-state index contributed by atoms with van der Waals surface area (Å²) >= 11 is 10.6. The highest BCUT2D eigenvalue weighted by molar-refractivity contribution is 6.63. The number of rotatable bonds is 13. The van der Waals surface area contributed by atoms with Crippen molar-refractivity contribution in [3.8, 4) is 0 Å². The molecule has 0 aromatic heterocycles. The van der Waals surface area contributed by atoms with Crippen molar-refractivity contribution >= 4 is 33.7 Å². The molecule has 0 N–H and O–H groups in total. The van der Waals surface area contributed by atoms with Gasteiger partial charge in [0, 0.05) is 12.8 Å². The van der Waals surface area contributed by atoms with E-state index in [1.165, 1.54) is 38.5 Å². The van der Waals surface area contributed by atoms with E-state index in [9.17, 15) is 9.59 Å². The zero-order valence-electron chi connectivity index (χ0n) is 11.9. The Morgan fingerprint density at radius 3 is 1.74 bits per heavy atom. The highest BCUT2D eigenvalue weighted by Crippen LogP contribution is 2.17. The zero-order valence-corrected chi connectivity index (χ0v) is 13.4. The van der Waals surface area contributed by atoms with Gasteiger partial charge in [0.05, 0.1) is 0 Å². The van der Waals surface area contributed by atoms with Crippen molar-refractivity contribution in [3.05, 3.63) is 0 Å². The van der Waals surface area contributed by atoms with Crippen LogP contribution in [-0.4, -0.2) is 10.5 Å². The molecule has 0 bridgehead atoms. The third kappa shape index (κ3) is 15.9. The topological polar surface area (TPSA) is 34.1 Å². The van der Waals surface area contributed by atoms with E-state index in [0.29, 0.717) is 18.8 Å². The quantitative estimate of drug-likeness (QED) is 0.335. The lowest BCUT2D eigenvalue weighted by molar-refractivity contribution is -0.112. The molecule has 0 radical (unpaired) electrons. The first kappa shape index (κ1) is 18.9. The Morgan fingerprint density at radius 1 is 0.737 bits per heavy atom. The zero-order chi connectivity index (χ0) is 14.5. The van der Waals surface area contributed by atoms with E-state index in [2.05, 4.69) is 6.92 Å². The first-order valence-electron chi connectivity index (χ1n) is 7.39. The van der Waals surface area contributed by atoms with E-state index in [1.54, 1.807) is 0 Å². The Labute approximate surface area is 127 Å². The van der Waals surface area contributed by atoms with Gasteiger partial charge in [-0.2, -0.15) is 0 Å². The van der Waals surface area contributed by atoms with Crippen LogP contribution in [0.2, 0.25) is 0 Å². The fourth-order valence-corrected chi connectivity index (χ4v) is 2.39. The summed E-state index contributed by atoms with van der Waals surface area (Å²) in [7, 11) is 0. The summed E-state index contributed by atoms with van der Waals surface area (Å²) in [6, 6.07) is 0. The molecule has 19 heavy (non-hydrogen) atoms. The molecule has 0 aromatic carbocycles. The second kappa shape index (κ2) is 12.9. The van der Waals surface area contributed by atoms with E-state index in [-0.39, 0.29) is 10.5 Å². The number of carbonyl (C=O) groups excluding carboxylic acids is 2. The van der Waals surface area contributed by atoms with Gasteiger partial charge in [0.25, 0.3) is 0 Å². The van der Waals surface area contributed by atoms with Crippen molar-refractivity contribution in [2.45, 2.75) is 77.6 Å². The minimum atomic E-state index is -0.220. The van der Waals surface area contributed by atoms with Crippen LogP contribution in [0.5, 0.6) is 0 Å². The monoisotopic (exact) mass is 308 g/mol. The van der Waals surface area contributed by atoms with E-state index in [0.717, 1.165) is 19.3 Å². The number of carbonyl (C=O) groups is 2. The van der Waals surface area contributed by atoms with Gasteiger partial charge >= 0.3 is 0 Å². The highest BCUT2D eigenvalue weighted by atomic mass is 35.5.